The normalized spacial score (nSPS) is 13.1. The van der Waals surface area contributed by atoms with Gasteiger partial charge in [-0.2, -0.15) is 13.2 Å². The SMILES string of the molecule is N[C@H](CNC(=O)O)Cc1cccc(C(F)(F)F)c1. The molecule has 1 aromatic rings. The number of carbonyl (C=O) groups is 1. The van der Waals surface area contributed by atoms with E-state index in [4.69, 9.17) is 10.8 Å². The second-order valence-electron chi connectivity index (χ2n) is 3.85. The van der Waals surface area contributed by atoms with E-state index >= 15 is 0 Å². The third kappa shape index (κ3) is 4.62. The van der Waals surface area contributed by atoms with Crippen molar-refractivity contribution in [3.8, 4) is 0 Å². The Kier molecular flexibility index (Phi) is 4.55. The molecular weight excluding hydrogens is 249 g/mol. The van der Waals surface area contributed by atoms with Crippen LogP contribution >= 0.6 is 0 Å². The van der Waals surface area contributed by atoms with E-state index < -0.39 is 23.9 Å². The molecule has 1 aromatic carbocycles. The van der Waals surface area contributed by atoms with Crippen molar-refractivity contribution in [3.63, 3.8) is 0 Å². The first kappa shape index (κ1) is 14.3. The number of nitrogens with one attached hydrogen (secondary N) is 1. The predicted molar refractivity (Wildman–Crippen MR) is 59.2 cm³/mol. The summed E-state index contributed by atoms with van der Waals surface area (Å²) in [6.07, 6.45) is -5.43. The van der Waals surface area contributed by atoms with Crippen molar-refractivity contribution in [2.45, 2.75) is 18.6 Å². The van der Waals surface area contributed by atoms with Crippen LogP contribution in [0.15, 0.2) is 24.3 Å². The van der Waals surface area contributed by atoms with Gasteiger partial charge in [-0.1, -0.05) is 18.2 Å². The van der Waals surface area contributed by atoms with Gasteiger partial charge in [0.05, 0.1) is 5.56 Å². The van der Waals surface area contributed by atoms with Crippen LogP contribution in [0.2, 0.25) is 0 Å². The zero-order chi connectivity index (χ0) is 13.8. The van der Waals surface area contributed by atoms with Crippen molar-refractivity contribution in [1.82, 2.24) is 5.32 Å². The van der Waals surface area contributed by atoms with Gasteiger partial charge in [0.2, 0.25) is 0 Å². The summed E-state index contributed by atoms with van der Waals surface area (Å²) >= 11 is 0. The first-order valence-corrected chi connectivity index (χ1v) is 5.17. The summed E-state index contributed by atoms with van der Waals surface area (Å²) < 4.78 is 37.3. The molecule has 0 radical (unpaired) electrons. The third-order valence-electron chi connectivity index (χ3n) is 2.27. The molecular formula is C11H13F3N2O2. The highest BCUT2D eigenvalue weighted by molar-refractivity contribution is 5.64. The van der Waals surface area contributed by atoms with Gasteiger partial charge in [-0.15, -0.1) is 0 Å². The summed E-state index contributed by atoms with van der Waals surface area (Å²) in [5.74, 6) is 0. The lowest BCUT2D eigenvalue weighted by molar-refractivity contribution is -0.137. The maximum Gasteiger partial charge on any atom is 0.416 e. The zero-order valence-corrected chi connectivity index (χ0v) is 9.37. The fourth-order valence-corrected chi connectivity index (χ4v) is 1.47. The fraction of sp³-hybridized carbons (Fsp3) is 0.364. The second-order valence-corrected chi connectivity index (χ2v) is 3.85. The van der Waals surface area contributed by atoms with E-state index in [-0.39, 0.29) is 13.0 Å². The number of benzene rings is 1. The molecule has 1 rings (SSSR count). The zero-order valence-electron chi connectivity index (χ0n) is 9.37. The van der Waals surface area contributed by atoms with Crippen LogP contribution in [0.3, 0.4) is 0 Å². The van der Waals surface area contributed by atoms with Crippen molar-refractivity contribution >= 4 is 6.09 Å². The highest BCUT2D eigenvalue weighted by Gasteiger charge is 2.30. The Morgan fingerprint density at radius 3 is 2.67 bits per heavy atom. The molecule has 100 valence electrons. The molecule has 0 aromatic heterocycles. The number of rotatable bonds is 4. The quantitative estimate of drug-likeness (QED) is 0.775. The van der Waals surface area contributed by atoms with E-state index in [1.54, 1.807) is 0 Å². The fourth-order valence-electron chi connectivity index (χ4n) is 1.47. The summed E-state index contributed by atoms with van der Waals surface area (Å²) in [5.41, 5.74) is 5.29. The van der Waals surface area contributed by atoms with Gasteiger partial charge in [0.25, 0.3) is 0 Å². The van der Waals surface area contributed by atoms with E-state index in [1.807, 2.05) is 0 Å². The molecule has 4 N–H and O–H groups in total. The third-order valence-corrected chi connectivity index (χ3v) is 2.27. The van der Waals surface area contributed by atoms with Gasteiger partial charge >= 0.3 is 12.3 Å². The summed E-state index contributed by atoms with van der Waals surface area (Å²) in [6.45, 7) is -0.00835. The van der Waals surface area contributed by atoms with Gasteiger partial charge in [-0.05, 0) is 18.1 Å². The lowest BCUT2D eigenvalue weighted by Crippen LogP contribution is -2.37. The molecule has 4 nitrogen and oxygen atoms in total. The lowest BCUT2D eigenvalue weighted by Gasteiger charge is -2.13. The standard InChI is InChI=1S/C11H13F3N2O2/c12-11(13,14)8-3-1-2-7(4-8)5-9(15)6-16-10(17)18/h1-4,9,16H,5-6,15H2,(H,17,18)/t9-/m0/s1. The number of halogens is 3. The topological polar surface area (TPSA) is 75.3 Å². The smallest absolute Gasteiger partial charge is 0.416 e. The summed E-state index contributed by atoms with van der Waals surface area (Å²) in [6, 6.07) is 4.25. The average Bonchev–Trinajstić information content (AvgIpc) is 2.25. The molecule has 0 heterocycles. The number of hydrogen-bond donors (Lipinski definition) is 3. The van der Waals surface area contributed by atoms with Crippen molar-refractivity contribution < 1.29 is 23.1 Å². The van der Waals surface area contributed by atoms with Crippen molar-refractivity contribution in [2.75, 3.05) is 6.54 Å². The van der Waals surface area contributed by atoms with Crippen molar-refractivity contribution in [2.24, 2.45) is 5.73 Å². The second kappa shape index (κ2) is 5.72. The number of alkyl halides is 3. The van der Waals surface area contributed by atoms with E-state index in [1.165, 1.54) is 12.1 Å². The summed E-state index contributed by atoms with van der Waals surface area (Å²) in [4.78, 5) is 10.2. The largest absolute Gasteiger partial charge is 0.465 e. The van der Waals surface area contributed by atoms with Crippen LogP contribution in [0.25, 0.3) is 0 Å². The van der Waals surface area contributed by atoms with Gasteiger partial charge < -0.3 is 16.2 Å². The highest BCUT2D eigenvalue weighted by Crippen LogP contribution is 2.29. The average molecular weight is 262 g/mol. The number of amides is 1. The Labute approximate surface area is 102 Å². The number of nitrogens with two attached hydrogens (primary N) is 1. The highest BCUT2D eigenvalue weighted by atomic mass is 19.4. The molecule has 18 heavy (non-hydrogen) atoms. The summed E-state index contributed by atoms with van der Waals surface area (Å²) in [7, 11) is 0. The molecule has 0 unspecified atom stereocenters. The molecule has 1 atom stereocenters. The van der Waals surface area contributed by atoms with E-state index in [9.17, 15) is 18.0 Å². The Balaban J connectivity index is 2.65. The molecule has 0 aliphatic carbocycles. The van der Waals surface area contributed by atoms with Crippen molar-refractivity contribution in [1.29, 1.82) is 0 Å². The Morgan fingerprint density at radius 1 is 1.44 bits per heavy atom. The Bertz CT molecular complexity index is 421. The van der Waals surface area contributed by atoms with Gasteiger partial charge in [0.1, 0.15) is 0 Å². The Morgan fingerprint density at radius 2 is 2.11 bits per heavy atom. The molecule has 0 fully saturated rings. The maximum atomic E-state index is 12.4. The van der Waals surface area contributed by atoms with Crippen molar-refractivity contribution in [3.05, 3.63) is 35.4 Å². The van der Waals surface area contributed by atoms with Crippen LogP contribution in [0, 0.1) is 0 Å². The molecule has 0 saturated carbocycles. The minimum absolute atomic E-state index is 0.00835. The van der Waals surface area contributed by atoms with Crippen LogP contribution in [-0.4, -0.2) is 23.8 Å². The molecule has 0 spiro atoms. The van der Waals surface area contributed by atoms with Gasteiger partial charge in [0, 0.05) is 12.6 Å². The minimum Gasteiger partial charge on any atom is -0.465 e. The number of hydrogen-bond acceptors (Lipinski definition) is 2. The maximum absolute atomic E-state index is 12.4. The van der Waals surface area contributed by atoms with E-state index in [0.717, 1.165) is 12.1 Å². The predicted octanol–water partition coefficient (Wildman–Crippen LogP) is 1.84. The first-order valence-electron chi connectivity index (χ1n) is 5.17. The Hall–Kier alpha value is -1.76. The van der Waals surface area contributed by atoms with Crippen LogP contribution in [-0.2, 0) is 12.6 Å². The van der Waals surface area contributed by atoms with Crippen LogP contribution < -0.4 is 11.1 Å². The lowest BCUT2D eigenvalue weighted by atomic mass is 10.0. The van der Waals surface area contributed by atoms with Gasteiger partial charge in [0.15, 0.2) is 0 Å². The van der Waals surface area contributed by atoms with Gasteiger partial charge in [-0.25, -0.2) is 4.79 Å². The van der Waals surface area contributed by atoms with Crippen LogP contribution in [0.4, 0.5) is 18.0 Å². The molecule has 0 aliphatic rings. The molecule has 0 aliphatic heterocycles. The van der Waals surface area contributed by atoms with E-state index in [2.05, 4.69) is 5.32 Å². The monoisotopic (exact) mass is 262 g/mol. The number of carboxylic acid groups (broad SMARTS) is 1. The molecule has 1 amide bonds. The molecule has 0 saturated heterocycles. The van der Waals surface area contributed by atoms with E-state index in [0.29, 0.717) is 5.56 Å². The molecule has 7 heteroatoms. The van der Waals surface area contributed by atoms with Gasteiger partial charge in [-0.3, -0.25) is 0 Å². The molecule has 0 bridgehead atoms. The first-order chi connectivity index (χ1) is 8.29. The minimum atomic E-state index is -4.39. The van der Waals surface area contributed by atoms with Crippen LogP contribution in [0.5, 0.6) is 0 Å². The summed E-state index contributed by atoms with van der Waals surface area (Å²) in [5, 5.41) is 10.4. The van der Waals surface area contributed by atoms with Crippen LogP contribution in [0.1, 0.15) is 11.1 Å².